The number of carbonyl (C=O) groups excluding carboxylic acids is 1. The van der Waals surface area contributed by atoms with Crippen LogP contribution in [0.2, 0.25) is 0 Å². The fourth-order valence-corrected chi connectivity index (χ4v) is 1.37. The molecule has 0 spiro atoms. The normalized spacial score (nSPS) is 10.3. The van der Waals surface area contributed by atoms with Crippen molar-refractivity contribution < 1.29 is 13.6 Å². The van der Waals surface area contributed by atoms with Crippen molar-refractivity contribution >= 4 is 11.6 Å². The van der Waals surface area contributed by atoms with Crippen LogP contribution in [0.1, 0.15) is 16.4 Å². The van der Waals surface area contributed by atoms with Crippen LogP contribution in [0.5, 0.6) is 0 Å². The zero-order chi connectivity index (χ0) is 13.0. The smallest absolute Gasteiger partial charge is 0.293 e. The molecule has 1 amide bonds. The van der Waals surface area contributed by atoms with Gasteiger partial charge in [0.1, 0.15) is 5.82 Å². The molecule has 2 rings (SSSR count). The number of nitrogens with zero attached hydrogens (tertiary/aromatic N) is 1. The highest BCUT2D eigenvalue weighted by Crippen LogP contribution is 2.11. The van der Waals surface area contributed by atoms with Crippen molar-refractivity contribution in [2.75, 3.05) is 12.4 Å². The molecule has 1 heterocycles. The number of benzene rings is 1. The molecule has 0 radical (unpaired) electrons. The van der Waals surface area contributed by atoms with Crippen molar-refractivity contribution in [3.8, 4) is 0 Å². The molecule has 1 aromatic heterocycles. The second-order valence-corrected chi connectivity index (χ2v) is 3.61. The lowest BCUT2D eigenvalue weighted by molar-refractivity contribution is 0.0994. The number of halogens is 1. The Kier molecular flexibility index (Phi) is 3.69. The number of rotatable bonds is 4. The fourth-order valence-electron chi connectivity index (χ4n) is 1.37. The van der Waals surface area contributed by atoms with Gasteiger partial charge in [-0.15, -0.1) is 0 Å². The average Bonchev–Trinajstić information content (AvgIpc) is 2.81. The third kappa shape index (κ3) is 2.92. The van der Waals surface area contributed by atoms with E-state index in [4.69, 9.17) is 4.42 Å². The lowest BCUT2D eigenvalue weighted by Gasteiger charge is -2.02. The van der Waals surface area contributed by atoms with Crippen LogP contribution in [0.3, 0.4) is 0 Å². The summed E-state index contributed by atoms with van der Waals surface area (Å²) >= 11 is 0. The molecule has 5 nitrogen and oxygen atoms in total. The molecule has 6 heteroatoms. The van der Waals surface area contributed by atoms with E-state index in [1.54, 1.807) is 7.05 Å². The fraction of sp³-hybridized carbons (Fsp3) is 0.167. The standard InChI is InChI=1S/C12H12FN3O2/c1-14-7-11-15-6-10(18-11)12(17)16-9-4-2-8(13)3-5-9/h2-6,14H,7H2,1H3,(H,16,17). The van der Waals surface area contributed by atoms with Crippen LogP contribution in [0.4, 0.5) is 10.1 Å². The lowest BCUT2D eigenvalue weighted by Crippen LogP contribution is -2.11. The Balaban J connectivity index is 2.04. The first-order valence-corrected chi connectivity index (χ1v) is 5.35. The highest BCUT2D eigenvalue weighted by molar-refractivity contribution is 6.01. The molecule has 94 valence electrons. The number of anilines is 1. The van der Waals surface area contributed by atoms with Gasteiger partial charge in [0.2, 0.25) is 11.7 Å². The predicted octanol–water partition coefficient (Wildman–Crippen LogP) is 1.79. The van der Waals surface area contributed by atoms with Gasteiger partial charge < -0.3 is 15.1 Å². The summed E-state index contributed by atoms with van der Waals surface area (Å²) in [5, 5.41) is 5.44. The topological polar surface area (TPSA) is 67.2 Å². The summed E-state index contributed by atoms with van der Waals surface area (Å²) in [6, 6.07) is 5.47. The summed E-state index contributed by atoms with van der Waals surface area (Å²) in [6.07, 6.45) is 1.35. The highest BCUT2D eigenvalue weighted by atomic mass is 19.1. The molecule has 0 saturated heterocycles. The molecule has 2 aromatic rings. The van der Waals surface area contributed by atoms with Gasteiger partial charge in [-0.05, 0) is 31.3 Å². The molecule has 0 aliphatic rings. The molecule has 0 fully saturated rings. The number of nitrogens with one attached hydrogen (secondary N) is 2. The molecular formula is C12H12FN3O2. The summed E-state index contributed by atoms with van der Waals surface area (Å²) in [7, 11) is 1.75. The zero-order valence-electron chi connectivity index (χ0n) is 9.74. The second-order valence-electron chi connectivity index (χ2n) is 3.61. The Morgan fingerprint density at radius 3 is 2.78 bits per heavy atom. The minimum absolute atomic E-state index is 0.115. The maximum atomic E-state index is 12.7. The molecule has 1 aromatic carbocycles. The van der Waals surface area contributed by atoms with Crippen molar-refractivity contribution in [3.05, 3.63) is 47.9 Å². The molecular weight excluding hydrogens is 237 g/mol. The minimum Gasteiger partial charge on any atom is -0.434 e. The number of carbonyl (C=O) groups is 1. The van der Waals surface area contributed by atoms with Crippen molar-refractivity contribution in [3.63, 3.8) is 0 Å². The lowest BCUT2D eigenvalue weighted by atomic mass is 10.3. The van der Waals surface area contributed by atoms with Crippen LogP contribution in [0, 0.1) is 5.82 Å². The molecule has 18 heavy (non-hydrogen) atoms. The number of oxazole rings is 1. The van der Waals surface area contributed by atoms with Gasteiger partial charge in [-0.2, -0.15) is 0 Å². The summed E-state index contributed by atoms with van der Waals surface area (Å²) in [6.45, 7) is 0.448. The van der Waals surface area contributed by atoms with Crippen LogP contribution in [0.15, 0.2) is 34.9 Å². The zero-order valence-corrected chi connectivity index (χ0v) is 9.74. The highest BCUT2D eigenvalue weighted by Gasteiger charge is 2.12. The summed E-state index contributed by atoms with van der Waals surface area (Å²) < 4.78 is 17.9. The van der Waals surface area contributed by atoms with Gasteiger partial charge in [0.05, 0.1) is 12.7 Å². The van der Waals surface area contributed by atoms with Crippen molar-refractivity contribution in [1.82, 2.24) is 10.3 Å². The molecule has 0 atom stereocenters. The van der Waals surface area contributed by atoms with E-state index in [9.17, 15) is 9.18 Å². The summed E-state index contributed by atoms with van der Waals surface area (Å²) in [5.74, 6) is -0.230. The van der Waals surface area contributed by atoms with Crippen LogP contribution in [-0.2, 0) is 6.54 Å². The van der Waals surface area contributed by atoms with Gasteiger partial charge in [-0.1, -0.05) is 0 Å². The summed E-state index contributed by atoms with van der Waals surface area (Å²) in [4.78, 5) is 15.7. The van der Waals surface area contributed by atoms with E-state index in [1.165, 1.54) is 30.5 Å². The Morgan fingerprint density at radius 1 is 1.39 bits per heavy atom. The Hall–Kier alpha value is -2.21. The SMILES string of the molecule is CNCc1ncc(C(=O)Nc2ccc(F)cc2)o1. The van der Waals surface area contributed by atoms with Crippen LogP contribution >= 0.6 is 0 Å². The number of amides is 1. The van der Waals surface area contributed by atoms with Crippen LogP contribution in [0.25, 0.3) is 0 Å². The van der Waals surface area contributed by atoms with E-state index in [2.05, 4.69) is 15.6 Å². The van der Waals surface area contributed by atoms with Gasteiger partial charge in [0.15, 0.2) is 0 Å². The first-order valence-electron chi connectivity index (χ1n) is 5.35. The Bertz CT molecular complexity index is 537. The maximum Gasteiger partial charge on any atom is 0.293 e. The van der Waals surface area contributed by atoms with Crippen molar-refractivity contribution in [2.24, 2.45) is 0 Å². The van der Waals surface area contributed by atoms with E-state index in [0.29, 0.717) is 18.1 Å². The van der Waals surface area contributed by atoms with Crippen LogP contribution < -0.4 is 10.6 Å². The Labute approximate surface area is 103 Å². The molecule has 0 saturated carbocycles. The largest absolute Gasteiger partial charge is 0.434 e. The number of hydrogen-bond donors (Lipinski definition) is 2. The predicted molar refractivity (Wildman–Crippen MR) is 63.6 cm³/mol. The van der Waals surface area contributed by atoms with Gasteiger partial charge in [-0.3, -0.25) is 4.79 Å². The number of hydrogen-bond acceptors (Lipinski definition) is 4. The van der Waals surface area contributed by atoms with Gasteiger partial charge in [0, 0.05) is 5.69 Å². The van der Waals surface area contributed by atoms with E-state index in [-0.39, 0.29) is 11.6 Å². The molecule has 0 unspecified atom stereocenters. The summed E-state index contributed by atoms with van der Waals surface area (Å²) in [5.41, 5.74) is 0.493. The molecule has 0 bridgehead atoms. The first kappa shape index (κ1) is 12.3. The quantitative estimate of drug-likeness (QED) is 0.866. The third-order valence-electron chi connectivity index (χ3n) is 2.21. The second kappa shape index (κ2) is 5.42. The van der Waals surface area contributed by atoms with Gasteiger partial charge >= 0.3 is 0 Å². The molecule has 0 aliphatic heterocycles. The maximum absolute atomic E-state index is 12.7. The molecule has 0 aliphatic carbocycles. The van der Waals surface area contributed by atoms with Gasteiger partial charge in [0.25, 0.3) is 5.91 Å². The number of aromatic nitrogens is 1. The first-order chi connectivity index (χ1) is 8.69. The molecule has 2 N–H and O–H groups in total. The minimum atomic E-state index is -0.420. The van der Waals surface area contributed by atoms with Crippen LogP contribution in [-0.4, -0.2) is 17.9 Å². The van der Waals surface area contributed by atoms with E-state index < -0.39 is 5.91 Å². The van der Waals surface area contributed by atoms with E-state index in [0.717, 1.165) is 0 Å². The van der Waals surface area contributed by atoms with E-state index in [1.807, 2.05) is 0 Å². The monoisotopic (exact) mass is 249 g/mol. The average molecular weight is 249 g/mol. The van der Waals surface area contributed by atoms with Crippen molar-refractivity contribution in [1.29, 1.82) is 0 Å². The van der Waals surface area contributed by atoms with Gasteiger partial charge in [-0.25, -0.2) is 9.37 Å². The van der Waals surface area contributed by atoms with Crippen molar-refractivity contribution in [2.45, 2.75) is 6.54 Å². The Morgan fingerprint density at radius 2 is 2.11 bits per heavy atom. The third-order valence-corrected chi connectivity index (χ3v) is 2.21. The van der Waals surface area contributed by atoms with E-state index >= 15 is 0 Å².